The van der Waals surface area contributed by atoms with Crippen LogP contribution >= 0.6 is 0 Å². The first kappa shape index (κ1) is 19.9. The zero-order chi connectivity index (χ0) is 20.1. The summed E-state index contributed by atoms with van der Waals surface area (Å²) in [5.74, 6) is 0.674. The van der Waals surface area contributed by atoms with Gasteiger partial charge in [-0.25, -0.2) is 0 Å². The number of piperidine rings is 1. The summed E-state index contributed by atoms with van der Waals surface area (Å²) in [5, 5.41) is 3.03. The third kappa shape index (κ3) is 4.68. The lowest BCUT2D eigenvalue weighted by Crippen LogP contribution is -2.47. The van der Waals surface area contributed by atoms with Gasteiger partial charge in [0.1, 0.15) is 5.75 Å². The molecule has 1 aliphatic heterocycles. The quantitative estimate of drug-likeness (QED) is 0.865. The van der Waals surface area contributed by atoms with E-state index in [1.165, 1.54) is 0 Å². The van der Waals surface area contributed by atoms with Crippen LogP contribution in [0, 0.1) is 20.8 Å². The molecule has 6 nitrogen and oxygen atoms in total. The number of amides is 2. The molecule has 1 aromatic heterocycles. The number of pyridine rings is 1. The zero-order valence-corrected chi connectivity index (χ0v) is 16.7. The van der Waals surface area contributed by atoms with Crippen LogP contribution in [-0.4, -0.2) is 47.4 Å². The van der Waals surface area contributed by atoms with Crippen LogP contribution in [0.1, 0.15) is 39.9 Å². The van der Waals surface area contributed by atoms with Crippen LogP contribution < -0.4 is 10.1 Å². The van der Waals surface area contributed by atoms with Gasteiger partial charge in [-0.3, -0.25) is 14.6 Å². The van der Waals surface area contributed by atoms with Crippen LogP contribution in [0.15, 0.2) is 36.7 Å². The van der Waals surface area contributed by atoms with Gasteiger partial charge in [0.2, 0.25) is 0 Å². The van der Waals surface area contributed by atoms with E-state index in [-0.39, 0.29) is 24.5 Å². The molecule has 1 aliphatic rings. The molecular weight excluding hydrogens is 354 g/mol. The lowest BCUT2D eigenvalue weighted by molar-refractivity contribution is -0.124. The molecule has 1 aromatic carbocycles. The molecule has 28 heavy (non-hydrogen) atoms. The average molecular weight is 381 g/mol. The van der Waals surface area contributed by atoms with Crippen molar-refractivity contribution in [1.29, 1.82) is 0 Å². The van der Waals surface area contributed by atoms with Gasteiger partial charge in [-0.05, 0) is 62.4 Å². The first-order valence-electron chi connectivity index (χ1n) is 9.64. The first-order chi connectivity index (χ1) is 13.5. The summed E-state index contributed by atoms with van der Waals surface area (Å²) in [6, 6.07) is 7.58. The second kappa shape index (κ2) is 8.87. The first-order valence-corrected chi connectivity index (χ1v) is 9.64. The Balaban J connectivity index is 1.47. The van der Waals surface area contributed by atoms with Crippen LogP contribution in [0.5, 0.6) is 5.75 Å². The van der Waals surface area contributed by atoms with Gasteiger partial charge in [-0.1, -0.05) is 12.1 Å². The van der Waals surface area contributed by atoms with Crippen molar-refractivity contribution in [3.05, 3.63) is 58.9 Å². The summed E-state index contributed by atoms with van der Waals surface area (Å²) in [5.41, 5.74) is 3.89. The van der Waals surface area contributed by atoms with Crippen molar-refractivity contribution in [2.45, 2.75) is 39.7 Å². The molecular formula is C22H27N3O3. The molecule has 0 unspecified atom stereocenters. The number of ether oxygens (including phenoxy) is 1. The smallest absolute Gasteiger partial charge is 0.258 e. The summed E-state index contributed by atoms with van der Waals surface area (Å²) in [6.07, 6.45) is 4.73. The highest BCUT2D eigenvalue weighted by Gasteiger charge is 2.24. The number of nitrogens with zero attached hydrogens (tertiary/aromatic N) is 2. The molecule has 2 amide bonds. The van der Waals surface area contributed by atoms with Crippen molar-refractivity contribution in [3.63, 3.8) is 0 Å². The second-order valence-corrected chi connectivity index (χ2v) is 7.31. The van der Waals surface area contributed by atoms with Crippen molar-refractivity contribution in [2.24, 2.45) is 0 Å². The third-order valence-electron chi connectivity index (χ3n) is 5.30. The van der Waals surface area contributed by atoms with Gasteiger partial charge in [0.05, 0.1) is 0 Å². The van der Waals surface area contributed by atoms with E-state index in [0.29, 0.717) is 18.7 Å². The van der Waals surface area contributed by atoms with Gasteiger partial charge >= 0.3 is 0 Å². The summed E-state index contributed by atoms with van der Waals surface area (Å²) in [6.45, 7) is 7.27. The Morgan fingerprint density at radius 3 is 2.39 bits per heavy atom. The van der Waals surface area contributed by atoms with E-state index in [1.54, 1.807) is 24.5 Å². The van der Waals surface area contributed by atoms with Crippen LogP contribution in [0.4, 0.5) is 0 Å². The number of carbonyl (C=O) groups excluding carboxylic acids is 2. The maximum atomic E-state index is 12.5. The molecule has 0 bridgehead atoms. The van der Waals surface area contributed by atoms with Gasteiger partial charge in [-0.2, -0.15) is 0 Å². The summed E-state index contributed by atoms with van der Waals surface area (Å²) in [7, 11) is 0. The molecule has 6 heteroatoms. The monoisotopic (exact) mass is 381 g/mol. The van der Waals surface area contributed by atoms with E-state index in [4.69, 9.17) is 4.74 Å². The van der Waals surface area contributed by atoms with Crippen LogP contribution in [0.25, 0.3) is 0 Å². The number of hydrogen-bond acceptors (Lipinski definition) is 4. The lowest BCUT2D eigenvalue weighted by atomic mass is 10.0. The standard InChI is InChI=1S/C22H27N3O3/c1-15-4-5-16(2)21(17(15)3)28-14-20(26)24-19-8-12-25(13-9-19)22(27)18-6-10-23-11-7-18/h4-7,10-11,19H,8-9,12-14H2,1-3H3,(H,24,26). The lowest BCUT2D eigenvalue weighted by Gasteiger charge is -2.32. The van der Waals surface area contributed by atoms with Gasteiger partial charge in [-0.15, -0.1) is 0 Å². The largest absolute Gasteiger partial charge is 0.483 e. The molecule has 2 heterocycles. The Hall–Kier alpha value is -2.89. The van der Waals surface area contributed by atoms with Crippen molar-refractivity contribution in [2.75, 3.05) is 19.7 Å². The van der Waals surface area contributed by atoms with Crippen LogP contribution in [0.2, 0.25) is 0 Å². The minimum Gasteiger partial charge on any atom is -0.483 e. The summed E-state index contributed by atoms with van der Waals surface area (Å²) in [4.78, 5) is 30.5. The molecule has 0 aliphatic carbocycles. The zero-order valence-electron chi connectivity index (χ0n) is 16.7. The number of hydrogen-bond donors (Lipinski definition) is 1. The van der Waals surface area contributed by atoms with Gasteiger partial charge < -0.3 is 15.0 Å². The highest BCUT2D eigenvalue weighted by atomic mass is 16.5. The third-order valence-corrected chi connectivity index (χ3v) is 5.30. The minimum absolute atomic E-state index is 0.00128. The van der Waals surface area contributed by atoms with Crippen molar-refractivity contribution >= 4 is 11.8 Å². The van der Waals surface area contributed by atoms with Crippen molar-refractivity contribution in [3.8, 4) is 5.75 Å². The fourth-order valence-corrected chi connectivity index (χ4v) is 3.46. The Labute approximate surface area is 165 Å². The number of carbonyl (C=O) groups is 2. The highest BCUT2D eigenvalue weighted by molar-refractivity contribution is 5.94. The van der Waals surface area contributed by atoms with Crippen LogP contribution in [0.3, 0.4) is 0 Å². The molecule has 2 aromatic rings. The number of nitrogens with one attached hydrogen (secondary N) is 1. The fraction of sp³-hybridized carbons (Fsp3) is 0.409. The predicted octanol–water partition coefficient (Wildman–Crippen LogP) is 2.81. The van der Waals surface area contributed by atoms with Gasteiger partial charge in [0.25, 0.3) is 11.8 Å². The van der Waals surface area contributed by atoms with E-state index >= 15 is 0 Å². The maximum absolute atomic E-state index is 12.5. The number of likely N-dealkylation sites (tertiary alicyclic amines) is 1. The number of aryl methyl sites for hydroxylation is 2. The van der Waals surface area contributed by atoms with E-state index in [1.807, 2.05) is 31.7 Å². The number of aromatic nitrogens is 1. The van der Waals surface area contributed by atoms with Crippen molar-refractivity contribution in [1.82, 2.24) is 15.2 Å². The van der Waals surface area contributed by atoms with Crippen LogP contribution in [-0.2, 0) is 4.79 Å². The second-order valence-electron chi connectivity index (χ2n) is 7.31. The van der Waals surface area contributed by atoms with E-state index < -0.39 is 0 Å². The molecule has 0 radical (unpaired) electrons. The Bertz CT molecular complexity index is 844. The molecule has 0 spiro atoms. The molecule has 1 N–H and O–H groups in total. The summed E-state index contributed by atoms with van der Waals surface area (Å²) >= 11 is 0. The predicted molar refractivity (Wildman–Crippen MR) is 107 cm³/mol. The van der Waals surface area contributed by atoms with Gasteiger partial charge in [0.15, 0.2) is 6.61 Å². The van der Waals surface area contributed by atoms with E-state index in [2.05, 4.69) is 16.4 Å². The normalized spacial score (nSPS) is 14.6. The minimum atomic E-state index is -0.126. The molecule has 1 fully saturated rings. The Kier molecular flexibility index (Phi) is 6.29. The molecule has 0 saturated carbocycles. The molecule has 1 saturated heterocycles. The maximum Gasteiger partial charge on any atom is 0.258 e. The highest BCUT2D eigenvalue weighted by Crippen LogP contribution is 2.25. The fourth-order valence-electron chi connectivity index (χ4n) is 3.46. The van der Waals surface area contributed by atoms with Crippen molar-refractivity contribution < 1.29 is 14.3 Å². The van der Waals surface area contributed by atoms with Gasteiger partial charge in [0, 0.05) is 37.1 Å². The average Bonchev–Trinajstić information content (AvgIpc) is 2.71. The number of benzene rings is 1. The number of rotatable bonds is 5. The SMILES string of the molecule is Cc1ccc(C)c(OCC(=O)NC2CCN(C(=O)c3ccncc3)CC2)c1C. The topological polar surface area (TPSA) is 71.5 Å². The molecule has 3 rings (SSSR count). The summed E-state index contributed by atoms with van der Waals surface area (Å²) < 4.78 is 5.79. The molecule has 0 atom stereocenters. The Morgan fingerprint density at radius 1 is 1.07 bits per heavy atom. The Morgan fingerprint density at radius 2 is 1.71 bits per heavy atom. The van der Waals surface area contributed by atoms with E-state index in [9.17, 15) is 9.59 Å². The molecule has 148 valence electrons. The van der Waals surface area contributed by atoms with E-state index in [0.717, 1.165) is 35.3 Å².